The molecule has 0 fully saturated rings. The minimum atomic E-state index is -0.627. The van der Waals surface area contributed by atoms with Gasteiger partial charge in [-0.15, -0.1) is 0 Å². The molecule has 1 spiro atoms. The number of nitrogens with zero attached hydrogens (tertiary/aromatic N) is 1. The molecular weight excluding hydrogens is 879 g/mol. The van der Waals surface area contributed by atoms with Crippen molar-refractivity contribution >= 4 is 49.4 Å². The van der Waals surface area contributed by atoms with E-state index in [0.29, 0.717) is 0 Å². The van der Waals surface area contributed by atoms with Gasteiger partial charge in [0.25, 0.3) is 0 Å². The Kier molecular flexibility index (Phi) is 9.15. The van der Waals surface area contributed by atoms with E-state index in [2.05, 4.69) is 273 Å². The SMILES string of the molecule is CC(C)(C)c1cc2c(c3ccccc13)-c1ccc(C(C)(C)C)c3cccc(c13)C21c2ccccc2-c2ccc(N(c3ccc(-c4ccc5ccccc5c4)cc3)c3ccc4c(c3)C(C)(C)c3ccccc3-4)cc21. The highest BCUT2D eigenvalue weighted by molar-refractivity contribution is 6.15. The summed E-state index contributed by atoms with van der Waals surface area (Å²) in [6.45, 7) is 19.0. The van der Waals surface area contributed by atoms with Crippen LogP contribution in [0.4, 0.5) is 17.1 Å². The number of benzene rings is 11. The summed E-state index contributed by atoms with van der Waals surface area (Å²) in [4.78, 5) is 2.53. The zero-order valence-electron chi connectivity index (χ0n) is 43.2. The molecule has 1 heteroatoms. The maximum Gasteiger partial charge on any atom is 0.0726 e. The fourth-order valence-electron chi connectivity index (χ4n) is 13.7. The Bertz CT molecular complexity index is 4130. The summed E-state index contributed by atoms with van der Waals surface area (Å²) in [6.07, 6.45) is 0. The van der Waals surface area contributed by atoms with Crippen LogP contribution in [0.25, 0.3) is 76.8 Å². The minimum absolute atomic E-state index is 0.0580. The number of fused-ring (bicyclic) bond motifs is 15. The summed E-state index contributed by atoms with van der Waals surface area (Å²) >= 11 is 0. The lowest BCUT2D eigenvalue weighted by Crippen LogP contribution is -2.33. The molecule has 11 aromatic carbocycles. The Morgan fingerprint density at radius 3 is 1.59 bits per heavy atom. The van der Waals surface area contributed by atoms with Gasteiger partial charge in [-0.3, -0.25) is 0 Å². The van der Waals surface area contributed by atoms with Crippen LogP contribution in [0, 0.1) is 0 Å². The topological polar surface area (TPSA) is 3.24 Å². The summed E-state index contributed by atoms with van der Waals surface area (Å²) in [5, 5.41) is 7.86. The quantitative estimate of drug-likeness (QED) is 0.170. The average Bonchev–Trinajstić information content (AvgIpc) is 3.81. The molecule has 0 heterocycles. The van der Waals surface area contributed by atoms with E-state index in [-0.39, 0.29) is 16.2 Å². The Labute approximate surface area is 430 Å². The van der Waals surface area contributed by atoms with Crippen LogP contribution < -0.4 is 4.90 Å². The molecule has 3 aliphatic rings. The van der Waals surface area contributed by atoms with Gasteiger partial charge in [0, 0.05) is 22.5 Å². The third-order valence-electron chi connectivity index (χ3n) is 17.1. The first kappa shape index (κ1) is 43.8. The molecule has 0 radical (unpaired) electrons. The first-order valence-corrected chi connectivity index (χ1v) is 26.2. The van der Waals surface area contributed by atoms with Crippen LogP contribution in [0.3, 0.4) is 0 Å². The molecule has 0 aliphatic heterocycles. The molecule has 0 saturated carbocycles. The molecule has 73 heavy (non-hydrogen) atoms. The van der Waals surface area contributed by atoms with E-state index in [4.69, 9.17) is 0 Å². The lowest BCUT2D eigenvalue weighted by atomic mass is 9.59. The van der Waals surface area contributed by atoms with Gasteiger partial charge >= 0.3 is 0 Å². The van der Waals surface area contributed by atoms with Crippen LogP contribution in [-0.2, 0) is 21.7 Å². The smallest absolute Gasteiger partial charge is 0.0726 e. The molecular formula is C72H59N. The molecule has 0 N–H and O–H groups in total. The number of hydrogen-bond acceptors (Lipinski definition) is 1. The molecule has 1 atom stereocenters. The zero-order valence-corrected chi connectivity index (χ0v) is 43.2. The molecule has 11 aromatic rings. The molecule has 3 aliphatic carbocycles. The molecule has 0 amide bonds. The van der Waals surface area contributed by atoms with Crippen LogP contribution in [0.15, 0.2) is 212 Å². The molecule has 0 bridgehead atoms. The van der Waals surface area contributed by atoms with Gasteiger partial charge in [0.2, 0.25) is 0 Å². The molecule has 14 rings (SSSR count). The van der Waals surface area contributed by atoms with E-state index in [1.807, 2.05) is 0 Å². The number of rotatable bonds is 4. The standard InChI is InChI=1S/C72H59N/c1-69(2,3)59-39-38-58-67-56-23-12-11-22-53(56)63(70(4,5)6)43-66(67)72(62-27-17-24-57(59)68(58)62)61-26-16-14-21-52(61)55-37-35-50(42-65(55)72)73(49-34-36-54-51-20-13-15-25-60(51)71(7,8)64(54)41-49)48-32-30-45(31-33-48)47-29-28-44-18-9-10-19-46(44)40-47/h9-43H,1-8H3. The third kappa shape index (κ3) is 6.15. The summed E-state index contributed by atoms with van der Waals surface area (Å²) in [5.41, 5.74) is 23.7. The second-order valence-electron chi connectivity index (χ2n) is 23.7. The fourth-order valence-corrected chi connectivity index (χ4v) is 13.7. The van der Waals surface area contributed by atoms with Crippen molar-refractivity contribution in [2.45, 2.75) is 77.0 Å². The molecule has 1 nitrogen and oxygen atoms in total. The third-order valence-corrected chi connectivity index (χ3v) is 17.1. The van der Waals surface area contributed by atoms with Gasteiger partial charge in [0.15, 0.2) is 0 Å². The second kappa shape index (κ2) is 15.3. The summed E-state index contributed by atoms with van der Waals surface area (Å²) < 4.78 is 0. The molecule has 0 aromatic heterocycles. The van der Waals surface area contributed by atoms with Crippen molar-refractivity contribution in [2.75, 3.05) is 4.90 Å². The van der Waals surface area contributed by atoms with Crippen molar-refractivity contribution in [3.05, 3.63) is 257 Å². The van der Waals surface area contributed by atoms with E-state index in [9.17, 15) is 0 Å². The van der Waals surface area contributed by atoms with Crippen LogP contribution in [0.2, 0.25) is 0 Å². The summed E-state index contributed by atoms with van der Waals surface area (Å²) in [7, 11) is 0. The van der Waals surface area contributed by atoms with E-state index in [1.165, 1.54) is 121 Å². The predicted octanol–water partition coefficient (Wildman–Crippen LogP) is 19.5. The fraction of sp³-hybridized carbons (Fsp3) is 0.167. The predicted molar refractivity (Wildman–Crippen MR) is 310 cm³/mol. The van der Waals surface area contributed by atoms with E-state index in [0.717, 1.165) is 17.1 Å². The molecule has 1 unspecified atom stereocenters. The monoisotopic (exact) mass is 937 g/mol. The van der Waals surface area contributed by atoms with Crippen molar-refractivity contribution in [1.82, 2.24) is 0 Å². The van der Waals surface area contributed by atoms with E-state index >= 15 is 0 Å². The highest BCUT2D eigenvalue weighted by Gasteiger charge is 2.51. The Balaban J connectivity index is 1.06. The Morgan fingerprint density at radius 1 is 0.329 bits per heavy atom. The minimum Gasteiger partial charge on any atom is -0.310 e. The maximum atomic E-state index is 2.62. The maximum absolute atomic E-state index is 2.62. The Morgan fingerprint density at radius 2 is 0.863 bits per heavy atom. The van der Waals surface area contributed by atoms with Crippen molar-refractivity contribution in [3.63, 3.8) is 0 Å². The zero-order chi connectivity index (χ0) is 49.8. The van der Waals surface area contributed by atoms with Crippen molar-refractivity contribution in [2.24, 2.45) is 0 Å². The summed E-state index contributed by atoms with van der Waals surface area (Å²) in [5.74, 6) is 0. The number of hydrogen-bond donors (Lipinski definition) is 0. The van der Waals surface area contributed by atoms with Crippen molar-refractivity contribution < 1.29 is 0 Å². The lowest BCUT2D eigenvalue weighted by molar-refractivity contribution is 0.593. The molecule has 0 saturated heterocycles. The van der Waals surface area contributed by atoms with Crippen molar-refractivity contribution in [1.29, 1.82) is 0 Å². The van der Waals surface area contributed by atoms with Crippen molar-refractivity contribution in [3.8, 4) is 44.5 Å². The van der Waals surface area contributed by atoms with Crippen LogP contribution in [0.1, 0.15) is 99.9 Å². The van der Waals surface area contributed by atoms with Crippen LogP contribution >= 0.6 is 0 Å². The number of anilines is 3. The van der Waals surface area contributed by atoms with Gasteiger partial charge in [0.1, 0.15) is 0 Å². The van der Waals surface area contributed by atoms with E-state index in [1.54, 1.807) is 0 Å². The average molecular weight is 938 g/mol. The van der Waals surface area contributed by atoms with Crippen LogP contribution in [-0.4, -0.2) is 0 Å². The van der Waals surface area contributed by atoms with Gasteiger partial charge in [0.05, 0.1) is 5.41 Å². The normalized spacial score (nSPS) is 15.8. The first-order valence-electron chi connectivity index (χ1n) is 26.2. The van der Waals surface area contributed by atoms with Gasteiger partial charge in [-0.1, -0.05) is 225 Å². The van der Waals surface area contributed by atoms with Gasteiger partial charge in [-0.05, 0) is 175 Å². The second-order valence-corrected chi connectivity index (χ2v) is 23.7. The Hall–Kier alpha value is -8.00. The molecule has 352 valence electrons. The first-order chi connectivity index (χ1) is 35.2. The highest BCUT2D eigenvalue weighted by atomic mass is 15.1. The summed E-state index contributed by atoms with van der Waals surface area (Å²) in [6, 6.07) is 81.6. The highest BCUT2D eigenvalue weighted by Crippen LogP contribution is 2.64. The van der Waals surface area contributed by atoms with Gasteiger partial charge in [-0.25, -0.2) is 0 Å². The largest absolute Gasteiger partial charge is 0.310 e. The van der Waals surface area contributed by atoms with Crippen LogP contribution in [0.5, 0.6) is 0 Å². The van der Waals surface area contributed by atoms with Gasteiger partial charge < -0.3 is 4.90 Å². The van der Waals surface area contributed by atoms with Gasteiger partial charge in [-0.2, -0.15) is 0 Å². The van der Waals surface area contributed by atoms with E-state index < -0.39 is 5.41 Å². The lowest BCUT2D eigenvalue weighted by Gasteiger charge is -2.42.